The van der Waals surface area contributed by atoms with Crippen molar-refractivity contribution in [3.8, 4) is 0 Å². The van der Waals surface area contributed by atoms with Crippen molar-refractivity contribution in [2.75, 3.05) is 19.8 Å². The van der Waals surface area contributed by atoms with Crippen LogP contribution in [0.15, 0.2) is 0 Å². The third-order valence-electron chi connectivity index (χ3n) is 1.09. The molecular formula is C6H14NaO5P. The van der Waals surface area contributed by atoms with Gasteiger partial charge in [0.1, 0.15) is 0 Å². The molecular weight excluding hydrogens is 206 g/mol. The van der Waals surface area contributed by atoms with Crippen molar-refractivity contribution in [1.29, 1.82) is 0 Å². The molecule has 0 aliphatic heterocycles. The van der Waals surface area contributed by atoms with E-state index in [1.54, 1.807) is 0 Å². The van der Waals surface area contributed by atoms with E-state index in [0.717, 1.165) is 6.42 Å². The van der Waals surface area contributed by atoms with Gasteiger partial charge in [-0.3, -0.25) is 4.57 Å². The monoisotopic (exact) mass is 220 g/mol. The Kier molecular flexibility index (Phi) is 12.2. The van der Waals surface area contributed by atoms with Gasteiger partial charge < -0.3 is 19.0 Å². The quantitative estimate of drug-likeness (QED) is 0.286. The van der Waals surface area contributed by atoms with Crippen molar-refractivity contribution in [3.05, 3.63) is 0 Å². The Bertz CT molecular complexity index is 154. The first kappa shape index (κ1) is 16.5. The predicted octanol–water partition coefficient (Wildman–Crippen LogP) is -2.72. The van der Waals surface area contributed by atoms with Crippen LogP contribution in [0.1, 0.15) is 19.8 Å². The Morgan fingerprint density at radius 1 is 1.38 bits per heavy atom. The van der Waals surface area contributed by atoms with Crippen molar-refractivity contribution < 1.29 is 53.2 Å². The first-order valence-corrected chi connectivity index (χ1v) is 5.29. The van der Waals surface area contributed by atoms with Gasteiger partial charge in [-0.15, -0.1) is 0 Å². The van der Waals surface area contributed by atoms with Crippen molar-refractivity contribution in [2.45, 2.75) is 19.8 Å². The molecule has 0 fully saturated rings. The van der Waals surface area contributed by atoms with Gasteiger partial charge >= 0.3 is 29.6 Å². The first-order chi connectivity index (χ1) is 5.62. The zero-order chi connectivity index (χ0) is 9.45. The van der Waals surface area contributed by atoms with E-state index in [-0.39, 0.29) is 49.4 Å². The molecule has 0 saturated carbocycles. The second-order valence-corrected chi connectivity index (χ2v) is 3.60. The van der Waals surface area contributed by atoms with Gasteiger partial charge in [-0.1, -0.05) is 13.3 Å². The van der Waals surface area contributed by atoms with Crippen molar-refractivity contribution in [3.63, 3.8) is 0 Å². The maximum atomic E-state index is 10.7. The molecule has 74 valence electrons. The Hall–Kier alpha value is 1.07. The second kappa shape index (κ2) is 9.62. The number of hydrogen-bond acceptors (Lipinski definition) is 5. The smallest absolute Gasteiger partial charge is 0.756 e. The molecule has 0 aliphatic carbocycles. The van der Waals surface area contributed by atoms with E-state index in [0.29, 0.717) is 6.42 Å². The number of phosphoric ester groups is 1. The average Bonchev–Trinajstić information content (AvgIpc) is 2.01. The van der Waals surface area contributed by atoms with E-state index in [9.17, 15) is 9.46 Å². The molecule has 0 rings (SSSR count). The van der Waals surface area contributed by atoms with Gasteiger partial charge in [-0.2, -0.15) is 0 Å². The largest absolute Gasteiger partial charge is 1.00 e. The van der Waals surface area contributed by atoms with E-state index in [2.05, 4.69) is 9.05 Å². The molecule has 0 aromatic carbocycles. The molecule has 1 atom stereocenters. The van der Waals surface area contributed by atoms with Crippen LogP contribution in [-0.2, 0) is 13.6 Å². The van der Waals surface area contributed by atoms with E-state index in [1.807, 2.05) is 6.92 Å². The first-order valence-electron chi connectivity index (χ1n) is 3.83. The third kappa shape index (κ3) is 11.0. The Morgan fingerprint density at radius 3 is 2.38 bits per heavy atom. The molecule has 5 nitrogen and oxygen atoms in total. The summed E-state index contributed by atoms with van der Waals surface area (Å²) >= 11 is 0. The molecule has 13 heavy (non-hydrogen) atoms. The minimum Gasteiger partial charge on any atom is -0.756 e. The SMILES string of the molecule is CCCCOP(=O)([O-])OCCO.[Na+]. The summed E-state index contributed by atoms with van der Waals surface area (Å²) in [5.41, 5.74) is 0. The number of aliphatic hydroxyl groups is 1. The van der Waals surface area contributed by atoms with Crippen LogP contribution >= 0.6 is 7.82 Å². The molecule has 0 aliphatic rings. The molecule has 0 aromatic heterocycles. The Balaban J connectivity index is 0. The van der Waals surface area contributed by atoms with Gasteiger partial charge in [0.2, 0.25) is 0 Å². The summed E-state index contributed by atoms with van der Waals surface area (Å²) < 4.78 is 19.4. The van der Waals surface area contributed by atoms with Gasteiger partial charge in [0, 0.05) is 0 Å². The van der Waals surface area contributed by atoms with Gasteiger partial charge in [-0.25, -0.2) is 0 Å². The normalized spacial score (nSPS) is 14.7. The van der Waals surface area contributed by atoms with Crippen LogP contribution < -0.4 is 34.5 Å². The maximum absolute atomic E-state index is 10.7. The van der Waals surface area contributed by atoms with E-state index >= 15 is 0 Å². The number of unbranched alkanes of at least 4 members (excludes halogenated alkanes) is 1. The minimum atomic E-state index is -4.15. The summed E-state index contributed by atoms with van der Waals surface area (Å²) in [6.07, 6.45) is 1.54. The van der Waals surface area contributed by atoms with Gasteiger partial charge in [0.15, 0.2) is 0 Å². The molecule has 1 N–H and O–H groups in total. The number of phosphoric acid groups is 1. The van der Waals surface area contributed by atoms with E-state index < -0.39 is 7.82 Å². The van der Waals surface area contributed by atoms with E-state index in [4.69, 9.17) is 5.11 Å². The summed E-state index contributed by atoms with van der Waals surface area (Å²) in [4.78, 5) is 10.7. The topological polar surface area (TPSA) is 78.8 Å². The molecule has 0 aromatic rings. The zero-order valence-electron chi connectivity index (χ0n) is 8.06. The summed E-state index contributed by atoms with van der Waals surface area (Å²) in [5, 5.41) is 8.26. The fourth-order valence-electron chi connectivity index (χ4n) is 0.511. The van der Waals surface area contributed by atoms with E-state index in [1.165, 1.54) is 0 Å². The Morgan fingerprint density at radius 2 is 1.92 bits per heavy atom. The molecule has 0 heterocycles. The molecule has 0 bridgehead atoms. The standard InChI is InChI=1S/C6H15O5P.Na/c1-2-3-5-10-12(8,9)11-6-4-7;/h7H,2-6H2,1H3,(H,8,9);/q;+1/p-1. The van der Waals surface area contributed by atoms with Crippen LogP contribution in [0.3, 0.4) is 0 Å². The molecule has 0 spiro atoms. The summed E-state index contributed by atoms with van der Waals surface area (Å²) in [5.74, 6) is 0. The van der Waals surface area contributed by atoms with Crippen molar-refractivity contribution >= 4 is 7.82 Å². The summed E-state index contributed by atoms with van der Waals surface area (Å²) in [7, 11) is -4.15. The average molecular weight is 220 g/mol. The zero-order valence-corrected chi connectivity index (χ0v) is 11.0. The number of rotatable bonds is 7. The van der Waals surface area contributed by atoms with Crippen molar-refractivity contribution in [2.24, 2.45) is 0 Å². The minimum absolute atomic E-state index is 0. The van der Waals surface area contributed by atoms with Crippen LogP contribution in [0.5, 0.6) is 0 Å². The van der Waals surface area contributed by atoms with Crippen LogP contribution in [0.4, 0.5) is 0 Å². The van der Waals surface area contributed by atoms with Crippen LogP contribution in [0.25, 0.3) is 0 Å². The van der Waals surface area contributed by atoms with Gasteiger partial charge in [0.25, 0.3) is 7.82 Å². The van der Waals surface area contributed by atoms with Crippen molar-refractivity contribution in [1.82, 2.24) is 0 Å². The van der Waals surface area contributed by atoms with Gasteiger partial charge in [-0.05, 0) is 6.42 Å². The molecule has 0 saturated heterocycles. The fraction of sp³-hybridized carbons (Fsp3) is 1.00. The third-order valence-corrected chi connectivity index (χ3v) is 2.09. The van der Waals surface area contributed by atoms with Crippen LogP contribution in [-0.4, -0.2) is 24.9 Å². The molecule has 0 amide bonds. The Labute approximate surface area is 100 Å². The molecule has 7 heteroatoms. The molecule has 1 unspecified atom stereocenters. The fourth-order valence-corrected chi connectivity index (χ4v) is 1.24. The molecule has 0 radical (unpaired) electrons. The van der Waals surface area contributed by atoms with Crippen LogP contribution in [0, 0.1) is 0 Å². The summed E-state index contributed by atoms with van der Waals surface area (Å²) in [6, 6.07) is 0. The van der Waals surface area contributed by atoms with Gasteiger partial charge in [0.05, 0.1) is 19.8 Å². The van der Waals surface area contributed by atoms with Crippen LogP contribution in [0.2, 0.25) is 0 Å². The number of aliphatic hydroxyl groups excluding tert-OH is 1. The summed E-state index contributed by atoms with van der Waals surface area (Å²) in [6.45, 7) is 1.49. The number of hydrogen-bond donors (Lipinski definition) is 1. The maximum Gasteiger partial charge on any atom is 1.00 e. The second-order valence-electron chi connectivity index (χ2n) is 2.19. The predicted molar refractivity (Wildman–Crippen MR) is 41.5 cm³/mol.